The number of thioether (sulfide) groups is 1. The molecule has 0 fully saturated rings. The van der Waals surface area contributed by atoms with Crippen molar-refractivity contribution in [1.82, 2.24) is 9.97 Å². The lowest BCUT2D eigenvalue weighted by molar-refractivity contribution is -0.137. The van der Waals surface area contributed by atoms with Crippen LogP contribution in [0.15, 0.2) is 47.5 Å². The number of methoxy groups -OCH3 is 1. The number of rotatable bonds is 4. The van der Waals surface area contributed by atoms with Gasteiger partial charge >= 0.3 is 5.97 Å². The lowest BCUT2D eigenvalue weighted by atomic mass is 9.87. The van der Waals surface area contributed by atoms with E-state index in [-0.39, 0.29) is 11.4 Å². The quantitative estimate of drug-likeness (QED) is 0.455. The number of aromatic nitrogens is 2. The van der Waals surface area contributed by atoms with E-state index in [1.54, 1.807) is 0 Å². The number of hydrogen-bond donors (Lipinski definition) is 1. The zero-order chi connectivity index (χ0) is 20.0. The monoisotopic (exact) mass is 384 g/mol. The number of pyridine rings is 1. The predicted molar refractivity (Wildman–Crippen MR) is 114 cm³/mol. The number of H-pyrrole nitrogens is 1. The van der Waals surface area contributed by atoms with Crippen LogP contribution in [-0.2, 0) is 14.9 Å². The predicted octanol–water partition coefficient (Wildman–Crippen LogP) is 5.82. The van der Waals surface area contributed by atoms with E-state index in [1.165, 1.54) is 24.4 Å². The van der Waals surface area contributed by atoms with Gasteiger partial charge < -0.3 is 9.72 Å². The molecule has 27 heavy (non-hydrogen) atoms. The summed E-state index contributed by atoms with van der Waals surface area (Å²) in [5.41, 5.74) is 4.33. The Morgan fingerprint density at radius 1 is 1.15 bits per heavy atom. The van der Waals surface area contributed by atoms with Gasteiger partial charge in [-0.25, -0.2) is 0 Å². The molecule has 2 aromatic heterocycles. The zero-order valence-electron chi connectivity index (χ0n) is 16.9. The van der Waals surface area contributed by atoms with Gasteiger partial charge in [0, 0.05) is 22.0 Å². The smallest absolute Gasteiger partial charge is 0.315 e. The van der Waals surface area contributed by atoms with Crippen molar-refractivity contribution in [3.8, 4) is 11.4 Å². The summed E-state index contributed by atoms with van der Waals surface area (Å²) in [5, 5.41) is 1.10. The number of ether oxygens (including phenoxy) is 1. The Morgan fingerprint density at radius 2 is 1.89 bits per heavy atom. The maximum absolute atomic E-state index is 11.3. The maximum atomic E-state index is 11.3. The highest BCUT2D eigenvalue weighted by molar-refractivity contribution is 8.00. The normalized spacial score (nSPS) is 11.0. The Balaban J connectivity index is 0.00000126. The van der Waals surface area contributed by atoms with Crippen molar-refractivity contribution in [1.29, 1.82) is 0 Å². The lowest BCUT2D eigenvalue weighted by Crippen LogP contribution is -2.11. The summed E-state index contributed by atoms with van der Waals surface area (Å²) in [6.07, 6.45) is 1.86. The third-order valence-electron chi connectivity index (χ3n) is 4.08. The first-order valence-corrected chi connectivity index (χ1v) is 10.1. The van der Waals surface area contributed by atoms with Gasteiger partial charge in [-0.1, -0.05) is 34.6 Å². The van der Waals surface area contributed by atoms with E-state index in [1.807, 2.05) is 32.2 Å². The summed E-state index contributed by atoms with van der Waals surface area (Å²) < 4.78 is 4.69. The first-order chi connectivity index (χ1) is 12.9. The minimum absolute atomic E-state index is 0.0847. The van der Waals surface area contributed by atoms with Crippen molar-refractivity contribution in [3.63, 3.8) is 0 Å². The Kier molecular flexibility index (Phi) is 7.08. The van der Waals surface area contributed by atoms with Gasteiger partial charge in [0.25, 0.3) is 0 Å². The first-order valence-electron chi connectivity index (χ1n) is 9.16. The molecule has 0 aliphatic rings. The molecule has 3 rings (SSSR count). The Bertz CT molecular complexity index is 910. The van der Waals surface area contributed by atoms with Crippen molar-refractivity contribution in [2.75, 3.05) is 12.9 Å². The van der Waals surface area contributed by atoms with Crippen LogP contribution in [0.5, 0.6) is 0 Å². The minimum Gasteiger partial charge on any atom is -0.468 e. The molecule has 0 saturated carbocycles. The van der Waals surface area contributed by atoms with Crippen LogP contribution < -0.4 is 0 Å². The highest BCUT2D eigenvalue weighted by Gasteiger charge is 2.15. The number of nitrogens with zero attached hydrogens (tertiary/aromatic N) is 1. The van der Waals surface area contributed by atoms with E-state index < -0.39 is 0 Å². The number of fused-ring (bicyclic) bond motifs is 1. The number of benzene rings is 1. The molecule has 5 heteroatoms. The number of carbonyl (C=O) groups excluding carboxylic acids is 1. The fraction of sp³-hybridized carbons (Fsp3) is 0.364. The Labute approximate surface area is 165 Å². The molecule has 144 valence electrons. The number of aromatic amines is 1. The van der Waals surface area contributed by atoms with Crippen LogP contribution in [0.3, 0.4) is 0 Å². The second-order valence-corrected chi connectivity index (χ2v) is 8.03. The van der Waals surface area contributed by atoms with Crippen LogP contribution in [0.2, 0.25) is 0 Å². The molecule has 0 spiro atoms. The van der Waals surface area contributed by atoms with E-state index in [0.717, 1.165) is 27.2 Å². The van der Waals surface area contributed by atoms with E-state index in [2.05, 4.69) is 59.7 Å². The SMILES string of the molecule is CC.COC(=O)CSc1ccc2[nH]c(-c3cc(C(C)(C)C)ccn3)cc2c1. The lowest BCUT2D eigenvalue weighted by Gasteiger charge is -2.19. The maximum Gasteiger partial charge on any atom is 0.315 e. The average molecular weight is 385 g/mol. The molecule has 0 atom stereocenters. The van der Waals surface area contributed by atoms with Crippen LogP contribution in [0.1, 0.15) is 40.2 Å². The van der Waals surface area contributed by atoms with Crippen molar-refractivity contribution in [3.05, 3.63) is 48.2 Å². The molecule has 3 aromatic rings. The van der Waals surface area contributed by atoms with Crippen LogP contribution >= 0.6 is 11.8 Å². The number of hydrogen-bond acceptors (Lipinski definition) is 4. The average Bonchev–Trinajstić information content (AvgIpc) is 3.10. The summed E-state index contributed by atoms with van der Waals surface area (Å²) >= 11 is 1.47. The molecule has 0 saturated heterocycles. The minimum atomic E-state index is -0.219. The topological polar surface area (TPSA) is 55.0 Å². The van der Waals surface area contributed by atoms with E-state index in [0.29, 0.717) is 5.75 Å². The molecule has 2 heterocycles. The number of carbonyl (C=O) groups is 1. The van der Waals surface area contributed by atoms with Gasteiger partial charge in [-0.2, -0.15) is 0 Å². The highest BCUT2D eigenvalue weighted by atomic mass is 32.2. The molecule has 0 aliphatic carbocycles. The van der Waals surface area contributed by atoms with Gasteiger partial charge in [-0.3, -0.25) is 9.78 Å². The summed E-state index contributed by atoms with van der Waals surface area (Å²) in [5.74, 6) is 0.0946. The first kappa shape index (κ1) is 21.0. The second-order valence-electron chi connectivity index (χ2n) is 6.98. The van der Waals surface area contributed by atoms with Crippen LogP contribution in [0, 0.1) is 0 Å². The van der Waals surface area contributed by atoms with Crippen LogP contribution in [0.4, 0.5) is 0 Å². The molecule has 1 N–H and O–H groups in total. The molecule has 0 amide bonds. The summed E-state index contributed by atoms with van der Waals surface area (Å²) in [6, 6.07) is 12.4. The molecule has 0 bridgehead atoms. The van der Waals surface area contributed by atoms with Crippen molar-refractivity contribution in [2.45, 2.75) is 44.9 Å². The molecule has 0 radical (unpaired) electrons. The third kappa shape index (κ3) is 5.36. The van der Waals surface area contributed by atoms with Gasteiger partial charge in [-0.05, 0) is 47.4 Å². The molecule has 0 aliphatic heterocycles. The van der Waals surface area contributed by atoms with Gasteiger partial charge in [0.2, 0.25) is 0 Å². The fourth-order valence-electron chi connectivity index (χ4n) is 2.58. The molecule has 0 unspecified atom stereocenters. The van der Waals surface area contributed by atoms with E-state index in [9.17, 15) is 4.79 Å². The van der Waals surface area contributed by atoms with E-state index >= 15 is 0 Å². The zero-order valence-corrected chi connectivity index (χ0v) is 17.7. The largest absolute Gasteiger partial charge is 0.468 e. The molecular weight excluding hydrogens is 356 g/mol. The molecular formula is C22H28N2O2S. The van der Waals surface area contributed by atoms with E-state index in [4.69, 9.17) is 0 Å². The summed E-state index contributed by atoms with van der Waals surface area (Å²) in [4.78, 5) is 20.3. The van der Waals surface area contributed by atoms with Crippen molar-refractivity contribution in [2.24, 2.45) is 0 Å². The van der Waals surface area contributed by atoms with Gasteiger partial charge in [0.05, 0.1) is 24.3 Å². The third-order valence-corrected chi connectivity index (χ3v) is 5.05. The van der Waals surface area contributed by atoms with Gasteiger partial charge in [-0.15, -0.1) is 11.8 Å². The number of nitrogens with one attached hydrogen (secondary N) is 1. The standard InChI is InChI=1S/C20H22N2O2S.C2H6/c1-20(2,3)14-7-8-21-17(11-14)18-10-13-9-15(5-6-16(13)22-18)25-12-19(23)24-4;1-2/h5-11,22H,12H2,1-4H3;1-2H3. The molecule has 1 aromatic carbocycles. The van der Waals surface area contributed by atoms with Crippen molar-refractivity contribution >= 4 is 28.6 Å². The summed E-state index contributed by atoms with van der Waals surface area (Å²) in [6.45, 7) is 10.6. The summed E-state index contributed by atoms with van der Waals surface area (Å²) in [7, 11) is 1.41. The molecule has 4 nitrogen and oxygen atoms in total. The second kappa shape index (κ2) is 9.09. The van der Waals surface area contributed by atoms with Crippen LogP contribution in [-0.4, -0.2) is 28.8 Å². The fourth-order valence-corrected chi connectivity index (χ4v) is 3.36. The van der Waals surface area contributed by atoms with Crippen LogP contribution in [0.25, 0.3) is 22.3 Å². The Hall–Kier alpha value is -2.27. The van der Waals surface area contributed by atoms with Gasteiger partial charge in [0.15, 0.2) is 0 Å². The van der Waals surface area contributed by atoms with Gasteiger partial charge in [0.1, 0.15) is 0 Å². The highest BCUT2D eigenvalue weighted by Crippen LogP contribution is 2.29. The number of esters is 1. The Morgan fingerprint density at radius 3 is 2.56 bits per heavy atom. The van der Waals surface area contributed by atoms with Crippen molar-refractivity contribution < 1.29 is 9.53 Å².